The summed E-state index contributed by atoms with van der Waals surface area (Å²) in [4.78, 5) is 8.44. The summed E-state index contributed by atoms with van der Waals surface area (Å²) in [5, 5.41) is 3.40. The standard InChI is InChI=1S/C11H21N5S/c1-7(2)9-10(15-8(3)5-17-4)13-6-14-11(9)16-12/h6-8H,5,12H2,1-4H3,(H2,13,14,15,16). The first kappa shape index (κ1) is 14.1. The summed E-state index contributed by atoms with van der Waals surface area (Å²) in [5.74, 6) is 8.37. The average molecular weight is 255 g/mol. The molecule has 0 fully saturated rings. The van der Waals surface area contributed by atoms with Crippen LogP contribution in [0.1, 0.15) is 32.3 Å². The number of hydrogen-bond donors (Lipinski definition) is 3. The molecule has 0 saturated heterocycles. The van der Waals surface area contributed by atoms with Crippen molar-refractivity contribution in [2.75, 3.05) is 22.8 Å². The van der Waals surface area contributed by atoms with E-state index in [-0.39, 0.29) is 0 Å². The highest BCUT2D eigenvalue weighted by Crippen LogP contribution is 2.28. The molecule has 0 aliphatic rings. The second kappa shape index (κ2) is 6.66. The predicted octanol–water partition coefficient (Wildman–Crippen LogP) is 2.05. The molecule has 4 N–H and O–H groups in total. The lowest BCUT2D eigenvalue weighted by Crippen LogP contribution is -2.21. The number of nitrogen functional groups attached to an aromatic ring is 1. The van der Waals surface area contributed by atoms with Gasteiger partial charge >= 0.3 is 0 Å². The number of rotatable bonds is 6. The van der Waals surface area contributed by atoms with Gasteiger partial charge in [-0.25, -0.2) is 15.8 Å². The lowest BCUT2D eigenvalue weighted by atomic mass is 10.0. The highest BCUT2D eigenvalue weighted by atomic mass is 32.2. The number of hydrogen-bond acceptors (Lipinski definition) is 6. The van der Waals surface area contributed by atoms with Crippen LogP contribution in [0, 0.1) is 0 Å². The highest BCUT2D eigenvalue weighted by molar-refractivity contribution is 7.98. The Balaban J connectivity index is 2.97. The van der Waals surface area contributed by atoms with Crippen LogP contribution in [-0.4, -0.2) is 28.0 Å². The minimum atomic E-state index is 0.311. The average Bonchev–Trinajstić information content (AvgIpc) is 2.28. The zero-order valence-electron chi connectivity index (χ0n) is 10.8. The molecule has 0 bridgehead atoms. The van der Waals surface area contributed by atoms with E-state index in [4.69, 9.17) is 5.84 Å². The Labute approximate surface area is 107 Å². The number of hydrazine groups is 1. The van der Waals surface area contributed by atoms with Gasteiger partial charge in [0, 0.05) is 17.4 Å². The van der Waals surface area contributed by atoms with Crippen molar-refractivity contribution in [1.29, 1.82) is 0 Å². The number of thioether (sulfide) groups is 1. The topological polar surface area (TPSA) is 75.9 Å². The molecule has 0 aliphatic heterocycles. The van der Waals surface area contributed by atoms with Crippen molar-refractivity contribution in [2.24, 2.45) is 5.84 Å². The lowest BCUT2D eigenvalue weighted by Gasteiger charge is -2.19. The minimum absolute atomic E-state index is 0.311. The fourth-order valence-corrected chi connectivity index (χ4v) is 2.28. The van der Waals surface area contributed by atoms with E-state index in [1.165, 1.54) is 6.33 Å². The highest BCUT2D eigenvalue weighted by Gasteiger charge is 2.15. The maximum Gasteiger partial charge on any atom is 0.148 e. The fourth-order valence-electron chi connectivity index (χ4n) is 1.70. The van der Waals surface area contributed by atoms with Gasteiger partial charge in [-0.3, -0.25) is 0 Å². The van der Waals surface area contributed by atoms with E-state index in [1.807, 2.05) is 0 Å². The number of nitrogens with one attached hydrogen (secondary N) is 2. The first-order valence-electron chi connectivity index (χ1n) is 5.67. The Morgan fingerprint density at radius 3 is 2.47 bits per heavy atom. The summed E-state index contributed by atoms with van der Waals surface area (Å²) in [5.41, 5.74) is 3.66. The maximum atomic E-state index is 5.47. The van der Waals surface area contributed by atoms with E-state index >= 15 is 0 Å². The monoisotopic (exact) mass is 255 g/mol. The van der Waals surface area contributed by atoms with E-state index in [9.17, 15) is 0 Å². The third-order valence-electron chi connectivity index (χ3n) is 2.40. The lowest BCUT2D eigenvalue weighted by molar-refractivity contribution is 0.828. The van der Waals surface area contributed by atoms with Crippen LogP contribution < -0.4 is 16.6 Å². The summed E-state index contributed by atoms with van der Waals surface area (Å²) in [6.07, 6.45) is 3.61. The molecule has 0 amide bonds. The van der Waals surface area contributed by atoms with E-state index in [1.54, 1.807) is 11.8 Å². The van der Waals surface area contributed by atoms with Crippen molar-refractivity contribution in [2.45, 2.75) is 32.7 Å². The molecule has 0 aliphatic carbocycles. The molecular weight excluding hydrogens is 234 g/mol. The van der Waals surface area contributed by atoms with E-state index in [2.05, 4.69) is 47.7 Å². The molecule has 0 saturated carbocycles. The van der Waals surface area contributed by atoms with Crippen LogP contribution in [0.25, 0.3) is 0 Å². The summed E-state index contributed by atoms with van der Waals surface area (Å²) in [6.45, 7) is 6.34. The molecule has 6 heteroatoms. The molecule has 1 atom stereocenters. The Hall–Kier alpha value is -1.01. The zero-order valence-corrected chi connectivity index (χ0v) is 11.6. The SMILES string of the molecule is CSCC(C)Nc1ncnc(NN)c1C(C)C. The molecule has 0 radical (unpaired) electrons. The molecule has 0 spiro atoms. The molecule has 5 nitrogen and oxygen atoms in total. The Morgan fingerprint density at radius 1 is 1.29 bits per heavy atom. The summed E-state index contributed by atoms with van der Waals surface area (Å²) >= 11 is 1.81. The fraction of sp³-hybridized carbons (Fsp3) is 0.636. The van der Waals surface area contributed by atoms with Crippen LogP contribution in [0.5, 0.6) is 0 Å². The third kappa shape index (κ3) is 3.74. The van der Waals surface area contributed by atoms with Crippen molar-refractivity contribution >= 4 is 23.4 Å². The van der Waals surface area contributed by atoms with Gasteiger partial charge in [0.25, 0.3) is 0 Å². The van der Waals surface area contributed by atoms with E-state index < -0.39 is 0 Å². The summed E-state index contributed by atoms with van der Waals surface area (Å²) in [6, 6.07) is 0.364. The van der Waals surface area contributed by atoms with Crippen molar-refractivity contribution in [3.05, 3.63) is 11.9 Å². The predicted molar refractivity (Wildman–Crippen MR) is 75.4 cm³/mol. The molecule has 1 rings (SSSR count). The molecular formula is C11H21N5S. The quantitative estimate of drug-likeness (QED) is 0.533. The van der Waals surface area contributed by atoms with Crippen molar-refractivity contribution < 1.29 is 0 Å². The van der Waals surface area contributed by atoms with Gasteiger partial charge in [-0.05, 0) is 19.1 Å². The molecule has 17 heavy (non-hydrogen) atoms. The molecule has 0 aromatic carbocycles. The molecule has 1 aromatic heterocycles. The van der Waals surface area contributed by atoms with Gasteiger partial charge in [0.1, 0.15) is 18.0 Å². The van der Waals surface area contributed by atoms with Gasteiger partial charge in [-0.1, -0.05) is 13.8 Å². The minimum Gasteiger partial charge on any atom is -0.366 e. The van der Waals surface area contributed by atoms with Gasteiger partial charge in [-0.15, -0.1) is 0 Å². The Kier molecular flexibility index (Phi) is 5.50. The summed E-state index contributed by atoms with van der Waals surface area (Å²) < 4.78 is 0. The second-order valence-corrected chi connectivity index (χ2v) is 5.20. The van der Waals surface area contributed by atoms with Crippen LogP contribution in [0.2, 0.25) is 0 Å². The second-order valence-electron chi connectivity index (χ2n) is 4.28. The number of aromatic nitrogens is 2. The van der Waals surface area contributed by atoms with Crippen molar-refractivity contribution in [1.82, 2.24) is 9.97 Å². The van der Waals surface area contributed by atoms with Gasteiger partial charge in [0.15, 0.2) is 0 Å². The normalized spacial score (nSPS) is 12.6. The smallest absolute Gasteiger partial charge is 0.148 e. The third-order valence-corrected chi connectivity index (χ3v) is 3.23. The van der Waals surface area contributed by atoms with E-state index in [0.717, 1.165) is 17.1 Å². The molecule has 1 unspecified atom stereocenters. The Morgan fingerprint density at radius 2 is 1.94 bits per heavy atom. The van der Waals surface area contributed by atoms with Crippen molar-refractivity contribution in [3.8, 4) is 0 Å². The molecule has 96 valence electrons. The Bertz CT molecular complexity index is 356. The van der Waals surface area contributed by atoms with Crippen LogP contribution in [0.3, 0.4) is 0 Å². The largest absolute Gasteiger partial charge is 0.366 e. The molecule has 1 heterocycles. The zero-order chi connectivity index (χ0) is 12.8. The summed E-state index contributed by atoms with van der Waals surface area (Å²) in [7, 11) is 0. The van der Waals surface area contributed by atoms with Crippen LogP contribution in [-0.2, 0) is 0 Å². The molecule has 1 aromatic rings. The van der Waals surface area contributed by atoms with Gasteiger partial charge < -0.3 is 10.7 Å². The van der Waals surface area contributed by atoms with Gasteiger partial charge in [0.2, 0.25) is 0 Å². The number of nitrogens with two attached hydrogens (primary N) is 1. The van der Waals surface area contributed by atoms with Gasteiger partial charge in [-0.2, -0.15) is 11.8 Å². The first-order chi connectivity index (χ1) is 8.10. The van der Waals surface area contributed by atoms with E-state index in [0.29, 0.717) is 17.8 Å². The van der Waals surface area contributed by atoms with Crippen LogP contribution in [0.4, 0.5) is 11.6 Å². The number of anilines is 2. The van der Waals surface area contributed by atoms with Crippen LogP contribution in [0.15, 0.2) is 6.33 Å². The first-order valence-corrected chi connectivity index (χ1v) is 7.06. The number of nitrogens with zero attached hydrogens (tertiary/aromatic N) is 2. The van der Waals surface area contributed by atoms with Crippen molar-refractivity contribution in [3.63, 3.8) is 0 Å². The van der Waals surface area contributed by atoms with Crippen LogP contribution >= 0.6 is 11.8 Å². The van der Waals surface area contributed by atoms with Gasteiger partial charge in [0.05, 0.1) is 0 Å². The maximum absolute atomic E-state index is 5.47.